The first kappa shape index (κ1) is 16.1. The number of nitrogens with one attached hydrogen (secondary N) is 2. The van der Waals surface area contributed by atoms with Crippen LogP contribution in [-0.4, -0.2) is 11.0 Å². The fraction of sp³-hybridized carbons (Fsp3) is 0.0455. The second-order valence-corrected chi connectivity index (χ2v) is 6.14. The van der Waals surface area contributed by atoms with Crippen LogP contribution in [0.15, 0.2) is 79.0 Å². The largest absolute Gasteiger partial charge is 0.392 e. The maximum Gasteiger partial charge on any atom is 0.257 e. The van der Waals surface area contributed by atoms with Gasteiger partial charge in [-0.1, -0.05) is 54.6 Å². The molecule has 4 nitrogen and oxygen atoms in total. The van der Waals surface area contributed by atoms with Crippen LogP contribution in [0.1, 0.15) is 11.1 Å². The Morgan fingerprint density at radius 3 is 2.58 bits per heavy atom. The quantitative estimate of drug-likeness (QED) is 0.621. The van der Waals surface area contributed by atoms with Crippen molar-refractivity contribution >= 4 is 22.9 Å². The molecule has 0 aliphatic carbocycles. The molecular formula is C22H18N2O2. The Labute approximate surface area is 151 Å². The first-order chi connectivity index (χ1) is 12.7. The molecule has 1 heterocycles. The monoisotopic (exact) mass is 342 g/mol. The van der Waals surface area contributed by atoms with Crippen molar-refractivity contribution in [1.82, 2.24) is 0 Å². The van der Waals surface area contributed by atoms with Gasteiger partial charge in [-0.25, -0.2) is 0 Å². The van der Waals surface area contributed by atoms with Crippen molar-refractivity contribution in [2.24, 2.45) is 0 Å². The molecule has 1 aliphatic heterocycles. The van der Waals surface area contributed by atoms with Crippen LogP contribution < -0.4 is 10.6 Å². The molecule has 0 bridgehead atoms. The minimum absolute atomic E-state index is 0.0162. The van der Waals surface area contributed by atoms with Gasteiger partial charge in [0.2, 0.25) is 0 Å². The summed E-state index contributed by atoms with van der Waals surface area (Å²) in [5, 5.41) is 15.3. The van der Waals surface area contributed by atoms with Crippen molar-refractivity contribution in [3.63, 3.8) is 0 Å². The van der Waals surface area contributed by atoms with Crippen LogP contribution in [0.4, 0.5) is 11.4 Å². The van der Waals surface area contributed by atoms with Crippen LogP contribution >= 0.6 is 0 Å². The Balaban J connectivity index is 1.63. The van der Waals surface area contributed by atoms with Crippen molar-refractivity contribution in [3.8, 4) is 11.1 Å². The highest BCUT2D eigenvalue weighted by atomic mass is 16.3. The summed E-state index contributed by atoms with van der Waals surface area (Å²) >= 11 is 0. The van der Waals surface area contributed by atoms with Gasteiger partial charge in [0.1, 0.15) is 0 Å². The predicted molar refractivity (Wildman–Crippen MR) is 104 cm³/mol. The number of aliphatic hydroxyl groups excluding tert-OH is 1. The van der Waals surface area contributed by atoms with E-state index in [2.05, 4.69) is 10.6 Å². The predicted octanol–water partition coefficient (Wildman–Crippen LogP) is 4.25. The lowest BCUT2D eigenvalue weighted by Gasteiger charge is -2.06. The molecule has 3 aromatic rings. The van der Waals surface area contributed by atoms with E-state index in [4.69, 9.17) is 0 Å². The van der Waals surface area contributed by atoms with Crippen LogP contribution in [0.25, 0.3) is 16.7 Å². The Morgan fingerprint density at radius 2 is 1.77 bits per heavy atom. The molecule has 0 spiro atoms. The highest BCUT2D eigenvalue weighted by molar-refractivity contribution is 6.31. The molecule has 4 heteroatoms. The molecule has 0 aromatic heterocycles. The second kappa shape index (κ2) is 6.86. The Bertz CT molecular complexity index is 994. The minimum Gasteiger partial charge on any atom is -0.392 e. The van der Waals surface area contributed by atoms with Gasteiger partial charge < -0.3 is 15.7 Å². The van der Waals surface area contributed by atoms with E-state index in [1.54, 1.807) is 6.20 Å². The van der Waals surface area contributed by atoms with E-state index in [-0.39, 0.29) is 12.5 Å². The summed E-state index contributed by atoms with van der Waals surface area (Å²) in [5.41, 5.74) is 6.10. The van der Waals surface area contributed by atoms with Crippen LogP contribution in [-0.2, 0) is 11.4 Å². The molecule has 128 valence electrons. The maximum atomic E-state index is 12.4. The SMILES string of the molecule is O=C1Nc2cc(-c3ccccc3)ccc2/C1=C\Nc1cccc(CO)c1. The smallest absolute Gasteiger partial charge is 0.257 e. The molecule has 3 N–H and O–H groups in total. The van der Waals surface area contributed by atoms with Gasteiger partial charge in [-0.15, -0.1) is 0 Å². The van der Waals surface area contributed by atoms with Crippen LogP contribution in [0, 0.1) is 0 Å². The number of aliphatic hydroxyl groups is 1. The van der Waals surface area contributed by atoms with E-state index in [1.165, 1.54) is 0 Å². The Kier molecular flexibility index (Phi) is 4.25. The summed E-state index contributed by atoms with van der Waals surface area (Å²) in [5.74, 6) is -0.129. The number of amides is 1. The Hall–Kier alpha value is -3.37. The lowest BCUT2D eigenvalue weighted by Crippen LogP contribution is -2.05. The van der Waals surface area contributed by atoms with Gasteiger partial charge in [-0.3, -0.25) is 4.79 Å². The van der Waals surface area contributed by atoms with Crippen LogP contribution in [0.2, 0.25) is 0 Å². The highest BCUT2D eigenvalue weighted by Crippen LogP contribution is 2.35. The lowest BCUT2D eigenvalue weighted by molar-refractivity contribution is -0.110. The maximum absolute atomic E-state index is 12.4. The molecule has 26 heavy (non-hydrogen) atoms. The molecule has 0 radical (unpaired) electrons. The van der Waals surface area contributed by atoms with Crippen LogP contribution in [0.5, 0.6) is 0 Å². The number of rotatable bonds is 4. The van der Waals surface area contributed by atoms with Gasteiger partial charge in [-0.05, 0) is 34.9 Å². The third-order valence-electron chi connectivity index (χ3n) is 4.40. The summed E-state index contributed by atoms with van der Waals surface area (Å²) in [6.45, 7) is -0.0162. The van der Waals surface area contributed by atoms with Gasteiger partial charge in [0.15, 0.2) is 0 Å². The molecule has 3 aromatic carbocycles. The van der Waals surface area contributed by atoms with Crippen LogP contribution in [0.3, 0.4) is 0 Å². The Morgan fingerprint density at radius 1 is 0.923 bits per heavy atom. The zero-order valence-electron chi connectivity index (χ0n) is 14.1. The fourth-order valence-corrected chi connectivity index (χ4v) is 3.06. The van der Waals surface area contributed by atoms with Crippen molar-refractivity contribution in [2.75, 3.05) is 10.6 Å². The summed E-state index contributed by atoms with van der Waals surface area (Å²) < 4.78 is 0. The summed E-state index contributed by atoms with van der Waals surface area (Å²) in [6, 6.07) is 23.5. The molecule has 0 unspecified atom stereocenters. The number of fused-ring (bicyclic) bond motifs is 1. The first-order valence-electron chi connectivity index (χ1n) is 8.42. The molecule has 1 aliphatic rings. The van der Waals surface area contributed by atoms with E-state index >= 15 is 0 Å². The van der Waals surface area contributed by atoms with E-state index < -0.39 is 0 Å². The lowest BCUT2D eigenvalue weighted by atomic mass is 10.0. The topological polar surface area (TPSA) is 61.4 Å². The highest BCUT2D eigenvalue weighted by Gasteiger charge is 2.24. The molecule has 0 atom stereocenters. The normalized spacial score (nSPS) is 14.2. The summed E-state index contributed by atoms with van der Waals surface area (Å²) in [4.78, 5) is 12.4. The molecular weight excluding hydrogens is 324 g/mol. The first-order valence-corrected chi connectivity index (χ1v) is 8.42. The van der Waals surface area contributed by atoms with Gasteiger partial charge >= 0.3 is 0 Å². The molecule has 4 rings (SSSR count). The summed E-state index contributed by atoms with van der Waals surface area (Å²) in [6.07, 6.45) is 1.71. The molecule has 0 saturated heterocycles. The van der Waals surface area contributed by atoms with Gasteiger partial charge in [0.05, 0.1) is 12.2 Å². The zero-order chi connectivity index (χ0) is 17.9. The average molecular weight is 342 g/mol. The van der Waals surface area contributed by atoms with Gasteiger partial charge in [0, 0.05) is 23.1 Å². The number of carbonyl (C=O) groups excluding carboxylic acids is 1. The number of hydrogen-bond donors (Lipinski definition) is 3. The zero-order valence-corrected chi connectivity index (χ0v) is 14.1. The van der Waals surface area contributed by atoms with Gasteiger partial charge in [0.25, 0.3) is 5.91 Å². The van der Waals surface area contributed by atoms with Crippen molar-refractivity contribution in [1.29, 1.82) is 0 Å². The third kappa shape index (κ3) is 3.10. The molecule has 0 saturated carbocycles. The third-order valence-corrected chi connectivity index (χ3v) is 4.40. The summed E-state index contributed by atoms with van der Waals surface area (Å²) in [7, 11) is 0. The number of anilines is 2. The standard InChI is InChI=1S/C22H18N2O2/c25-14-15-5-4-8-18(11-15)23-13-20-19-10-9-17(12-21(19)24-22(20)26)16-6-2-1-3-7-16/h1-13,23,25H,14H2,(H,24,26)/b20-13+. The van der Waals surface area contributed by atoms with E-state index in [0.717, 1.165) is 33.6 Å². The van der Waals surface area contributed by atoms with Crippen molar-refractivity contribution in [2.45, 2.75) is 6.61 Å². The number of hydrogen-bond acceptors (Lipinski definition) is 3. The van der Waals surface area contributed by atoms with Crippen molar-refractivity contribution in [3.05, 3.63) is 90.1 Å². The van der Waals surface area contributed by atoms with Gasteiger partial charge in [-0.2, -0.15) is 0 Å². The minimum atomic E-state index is -0.129. The number of benzene rings is 3. The molecule has 0 fully saturated rings. The average Bonchev–Trinajstić information content (AvgIpc) is 3.01. The van der Waals surface area contributed by atoms with E-state index in [0.29, 0.717) is 5.57 Å². The fourth-order valence-electron chi connectivity index (χ4n) is 3.06. The van der Waals surface area contributed by atoms with E-state index in [1.807, 2.05) is 72.8 Å². The second-order valence-electron chi connectivity index (χ2n) is 6.14. The molecule has 1 amide bonds. The van der Waals surface area contributed by atoms with Crippen molar-refractivity contribution < 1.29 is 9.90 Å². The number of carbonyl (C=O) groups is 1. The van der Waals surface area contributed by atoms with E-state index in [9.17, 15) is 9.90 Å².